The van der Waals surface area contributed by atoms with Gasteiger partial charge in [0, 0.05) is 33.9 Å². The molecule has 0 atom stereocenters. The minimum Gasteiger partial charge on any atom is -0.393 e. The van der Waals surface area contributed by atoms with Crippen LogP contribution in [-0.4, -0.2) is 11.2 Å². The highest BCUT2D eigenvalue weighted by Gasteiger charge is 2.22. The van der Waals surface area contributed by atoms with Crippen LogP contribution in [-0.2, 0) is 0 Å². The molecule has 2 aliphatic carbocycles. The molecule has 2 fully saturated rings. The first-order valence-corrected chi connectivity index (χ1v) is 16.5. The van der Waals surface area contributed by atoms with Crippen molar-refractivity contribution in [1.29, 1.82) is 0 Å². The van der Waals surface area contributed by atoms with E-state index in [1.807, 2.05) is 12.2 Å². The van der Waals surface area contributed by atoms with Crippen molar-refractivity contribution in [3.63, 3.8) is 0 Å². The lowest BCUT2D eigenvalue weighted by atomic mass is 9.79. The molecule has 3 aromatic carbocycles. The fraction of sp³-hybridized carbons (Fsp3) is 0.366. The SMILES string of the molecule is C=C/C=C\C(C(=C)c1c(C)cccc1Nc1ccc(C2CCC(O)CC2)cc1)=C(\C)Nc1ccc(C2CCC(C)CC2)cc1. The number of anilines is 3. The molecule has 0 amide bonds. The van der Waals surface area contributed by atoms with Crippen molar-refractivity contribution in [3.8, 4) is 0 Å². The van der Waals surface area contributed by atoms with Crippen molar-refractivity contribution in [2.45, 2.75) is 90.1 Å². The molecule has 0 radical (unpaired) electrons. The second kappa shape index (κ2) is 14.8. The van der Waals surface area contributed by atoms with E-state index in [-0.39, 0.29) is 6.10 Å². The van der Waals surface area contributed by atoms with Crippen LogP contribution < -0.4 is 10.6 Å². The molecule has 2 aliphatic rings. The molecule has 3 nitrogen and oxygen atoms in total. The number of nitrogens with one attached hydrogen (secondary N) is 2. The maximum Gasteiger partial charge on any atom is 0.0540 e. The number of aryl methyl sites for hydroxylation is 1. The number of allylic oxidation sites excluding steroid dienone is 6. The van der Waals surface area contributed by atoms with E-state index in [0.717, 1.165) is 71.1 Å². The third-order valence-corrected chi connectivity index (χ3v) is 9.79. The van der Waals surface area contributed by atoms with E-state index in [1.54, 1.807) is 0 Å². The smallest absolute Gasteiger partial charge is 0.0540 e. The Morgan fingerprint density at radius 1 is 0.795 bits per heavy atom. The van der Waals surface area contributed by atoms with E-state index < -0.39 is 0 Å². The highest BCUT2D eigenvalue weighted by molar-refractivity contribution is 5.90. The zero-order chi connectivity index (χ0) is 31.1. The maximum absolute atomic E-state index is 9.90. The third-order valence-electron chi connectivity index (χ3n) is 9.79. The van der Waals surface area contributed by atoms with Crippen LogP contribution in [0.1, 0.15) is 99.3 Å². The lowest BCUT2D eigenvalue weighted by Gasteiger charge is -2.26. The van der Waals surface area contributed by atoms with Crippen LogP contribution in [0.5, 0.6) is 0 Å². The predicted octanol–water partition coefficient (Wildman–Crippen LogP) is 11.2. The van der Waals surface area contributed by atoms with Gasteiger partial charge in [-0.1, -0.05) is 87.5 Å². The second-order valence-electron chi connectivity index (χ2n) is 13.1. The van der Waals surface area contributed by atoms with Crippen LogP contribution in [0, 0.1) is 12.8 Å². The highest BCUT2D eigenvalue weighted by atomic mass is 16.3. The summed E-state index contributed by atoms with van der Waals surface area (Å²) in [6, 6.07) is 24.2. The first kappa shape index (κ1) is 31.6. The van der Waals surface area contributed by atoms with Gasteiger partial charge in [0.15, 0.2) is 0 Å². The maximum atomic E-state index is 9.90. The number of rotatable bonds is 10. The summed E-state index contributed by atoms with van der Waals surface area (Å²) in [4.78, 5) is 0. The van der Waals surface area contributed by atoms with Gasteiger partial charge in [-0.3, -0.25) is 0 Å². The van der Waals surface area contributed by atoms with Gasteiger partial charge in [0.1, 0.15) is 0 Å². The van der Waals surface area contributed by atoms with Crippen LogP contribution >= 0.6 is 0 Å². The highest BCUT2D eigenvalue weighted by Crippen LogP contribution is 2.38. The summed E-state index contributed by atoms with van der Waals surface area (Å²) >= 11 is 0. The van der Waals surface area contributed by atoms with Crippen molar-refractivity contribution in [1.82, 2.24) is 0 Å². The van der Waals surface area contributed by atoms with E-state index in [9.17, 15) is 5.11 Å². The molecule has 0 unspecified atom stereocenters. The van der Waals surface area contributed by atoms with Gasteiger partial charge in [0.05, 0.1) is 6.10 Å². The molecule has 2 saturated carbocycles. The molecule has 3 aromatic rings. The summed E-state index contributed by atoms with van der Waals surface area (Å²) in [5.74, 6) is 2.09. The van der Waals surface area contributed by atoms with Crippen molar-refractivity contribution >= 4 is 22.6 Å². The van der Waals surface area contributed by atoms with Crippen LogP contribution in [0.3, 0.4) is 0 Å². The van der Waals surface area contributed by atoms with Crippen molar-refractivity contribution in [2.24, 2.45) is 5.92 Å². The van der Waals surface area contributed by atoms with Crippen LogP contribution in [0.15, 0.2) is 109 Å². The number of hydrogen-bond acceptors (Lipinski definition) is 3. The Balaban J connectivity index is 1.35. The van der Waals surface area contributed by atoms with Gasteiger partial charge < -0.3 is 15.7 Å². The molecule has 0 aromatic heterocycles. The van der Waals surface area contributed by atoms with Gasteiger partial charge in [0.2, 0.25) is 0 Å². The van der Waals surface area contributed by atoms with Crippen molar-refractivity contribution in [2.75, 3.05) is 10.6 Å². The predicted molar refractivity (Wildman–Crippen MR) is 190 cm³/mol. The van der Waals surface area contributed by atoms with E-state index >= 15 is 0 Å². The molecular weight excluding hydrogens is 536 g/mol. The number of hydrogen-bond donors (Lipinski definition) is 3. The summed E-state index contributed by atoms with van der Waals surface area (Å²) in [6.07, 6.45) is 14.9. The Morgan fingerprint density at radius 2 is 1.36 bits per heavy atom. The van der Waals surface area contributed by atoms with E-state index in [0.29, 0.717) is 11.8 Å². The van der Waals surface area contributed by atoms with Gasteiger partial charge in [0.25, 0.3) is 0 Å². The van der Waals surface area contributed by atoms with Gasteiger partial charge in [-0.05, 0) is 123 Å². The average Bonchev–Trinajstić information content (AvgIpc) is 3.03. The van der Waals surface area contributed by atoms with Crippen molar-refractivity contribution in [3.05, 3.63) is 132 Å². The Bertz CT molecular complexity index is 1480. The molecule has 230 valence electrons. The van der Waals surface area contributed by atoms with E-state index in [4.69, 9.17) is 0 Å². The molecule has 3 heteroatoms. The Kier molecular flexibility index (Phi) is 10.6. The molecule has 0 heterocycles. The van der Waals surface area contributed by atoms with E-state index in [2.05, 4.69) is 117 Å². The lowest BCUT2D eigenvalue weighted by molar-refractivity contribution is 0.122. The standard InChI is InChI=1S/C41H50N2O/c1-6-7-10-39(31(5)42-36-22-16-33(17-23-36)32-14-12-28(2)13-15-32)30(4)41-29(3)9-8-11-40(41)43-37-24-18-34(19-25-37)35-20-26-38(44)27-21-35/h6-11,16-19,22-25,28,32,35,38,42-44H,1,4,12-15,20-21,26-27H2,2-3,5H3/b10-7-,39-31+. The summed E-state index contributed by atoms with van der Waals surface area (Å²) in [5.41, 5.74) is 11.3. The Labute approximate surface area is 265 Å². The zero-order valence-electron chi connectivity index (χ0n) is 26.9. The van der Waals surface area contributed by atoms with Crippen molar-refractivity contribution < 1.29 is 5.11 Å². The minimum atomic E-state index is -0.130. The fourth-order valence-electron chi connectivity index (χ4n) is 7.04. The zero-order valence-corrected chi connectivity index (χ0v) is 26.9. The minimum absolute atomic E-state index is 0.130. The van der Waals surface area contributed by atoms with Gasteiger partial charge >= 0.3 is 0 Å². The lowest BCUT2D eigenvalue weighted by Crippen LogP contribution is -2.16. The molecule has 0 bridgehead atoms. The number of aliphatic hydroxyl groups excluding tert-OH is 1. The molecule has 5 rings (SSSR count). The molecular formula is C41H50N2O. The molecule has 0 aliphatic heterocycles. The van der Waals surface area contributed by atoms with Gasteiger partial charge in [-0.15, -0.1) is 0 Å². The molecule has 44 heavy (non-hydrogen) atoms. The summed E-state index contributed by atoms with van der Waals surface area (Å²) in [7, 11) is 0. The topological polar surface area (TPSA) is 44.3 Å². The summed E-state index contributed by atoms with van der Waals surface area (Å²) in [5, 5.41) is 17.2. The van der Waals surface area contributed by atoms with Crippen LogP contribution in [0.2, 0.25) is 0 Å². The van der Waals surface area contributed by atoms with Crippen LogP contribution in [0.4, 0.5) is 17.1 Å². The Morgan fingerprint density at radius 3 is 1.95 bits per heavy atom. The normalized spacial score (nSPS) is 22.7. The largest absolute Gasteiger partial charge is 0.393 e. The first-order valence-electron chi connectivity index (χ1n) is 16.5. The summed E-state index contributed by atoms with van der Waals surface area (Å²) in [6.45, 7) is 15.2. The monoisotopic (exact) mass is 586 g/mol. The average molecular weight is 587 g/mol. The first-order chi connectivity index (χ1) is 21.3. The number of aliphatic hydroxyl groups is 1. The van der Waals surface area contributed by atoms with Gasteiger partial charge in [-0.25, -0.2) is 0 Å². The number of benzene rings is 3. The quantitative estimate of drug-likeness (QED) is 0.207. The van der Waals surface area contributed by atoms with Gasteiger partial charge in [-0.2, -0.15) is 0 Å². The Hall–Kier alpha value is -3.82. The summed E-state index contributed by atoms with van der Waals surface area (Å²) < 4.78 is 0. The molecule has 3 N–H and O–H groups in total. The molecule has 0 spiro atoms. The third kappa shape index (κ3) is 7.81. The molecule has 0 saturated heterocycles. The fourth-order valence-corrected chi connectivity index (χ4v) is 7.04. The second-order valence-corrected chi connectivity index (χ2v) is 13.1. The van der Waals surface area contributed by atoms with E-state index in [1.165, 1.54) is 42.4 Å². The van der Waals surface area contributed by atoms with Crippen LogP contribution in [0.25, 0.3) is 5.57 Å².